The van der Waals surface area contributed by atoms with Crippen LogP contribution in [0.4, 0.5) is 4.79 Å². The molecule has 1 heterocycles. The molecule has 2 aromatic carbocycles. The summed E-state index contributed by atoms with van der Waals surface area (Å²) in [5, 5.41) is 3.14. The molecule has 3 amide bonds. The average molecular weight is 392 g/mol. The van der Waals surface area contributed by atoms with Crippen LogP contribution in [-0.4, -0.2) is 47.9 Å². The van der Waals surface area contributed by atoms with Crippen molar-refractivity contribution in [2.75, 3.05) is 26.2 Å². The molecule has 5 nitrogen and oxygen atoms in total. The third-order valence-electron chi connectivity index (χ3n) is 5.37. The van der Waals surface area contributed by atoms with Gasteiger partial charge in [-0.25, -0.2) is 4.79 Å². The van der Waals surface area contributed by atoms with Crippen molar-refractivity contribution in [1.82, 2.24) is 15.1 Å². The maximum atomic E-state index is 12.8. The Balaban J connectivity index is 1.60. The van der Waals surface area contributed by atoms with Gasteiger partial charge in [0.2, 0.25) is 0 Å². The fourth-order valence-corrected chi connectivity index (χ4v) is 3.47. The summed E-state index contributed by atoms with van der Waals surface area (Å²) in [6.07, 6.45) is 0. The highest BCUT2D eigenvalue weighted by Gasteiger charge is 2.29. The Morgan fingerprint density at radius 2 is 1.48 bits per heavy atom. The summed E-state index contributed by atoms with van der Waals surface area (Å²) >= 11 is 0. The molecule has 0 aliphatic carbocycles. The SMILES string of the molecule is C=C(C)c1cccc(C(C)(C)NC(=O)N2CCN(C(=O)c3ccccc3)CC2)c1. The molecule has 0 aromatic heterocycles. The molecule has 3 rings (SSSR count). The second kappa shape index (κ2) is 8.52. The van der Waals surface area contributed by atoms with E-state index in [0.29, 0.717) is 31.7 Å². The van der Waals surface area contributed by atoms with Crippen molar-refractivity contribution in [2.24, 2.45) is 0 Å². The molecule has 1 aliphatic rings. The standard InChI is InChI=1S/C24H29N3O2/c1-18(2)20-11-8-12-21(17-20)24(3,4)25-23(29)27-15-13-26(14-16-27)22(28)19-9-6-5-7-10-19/h5-12,17H,1,13-16H2,2-4H3,(H,25,29). The second-order valence-corrected chi connectivity index (χ2v) is 8.06. The fraction of sp³-hybridized carbons (Fsp3) is 0.333. The molecule has 2 aromatic rings. The molecule has 0 saturated carbocycles. The Morgan fingerprint density at radius 3 is 2.10 bits per heavy atom. The van der Waals surface area contributed by atoms with E-state index < -0.39 is 5.54 Å². The summed E-state index contributed by atoms with van der Waals surface area (Å²) in [5.74, 6) is 0.0163. The molecular weight excluding hydrogens is 362 g/mol. The Morgan fingerprint density at radius 1 is 0.897 bits per heavy atom. The van der Waals surface area contributed by atoms with E-state index in [2.05, 4.69) is 18.0 Å². The number of benzene rings is 2. The summed E-state index contributed by atoms with van der Waals surface area (Å²) in [6, 6.07) is 17.3. The number of carbonyl (C=O) groups excluding carboxylic acids is 2. The van der Waals surface area contributed by atoms with Crippen LogP contribution in [0.25, 0.3) is 5.57 Å². The zero-order valence-corrected chi connectivity index (χ0v) is 17.4. The number of piperazine rings is 1. The largest absolute Gasteiger partial charge is 0.335 e. The van der Waals surface area contributed by atoms with E-state index in [0.717, 1.165) is 16.7 Å². The molecule has 1 aliphatic heterocycles. The molecule has 0 atom stereocenters. The Hall–Kier alpha value is -3.08. The highest BCUT2D eigenvalue weighted by molar-refractivity contribution is 5.94. The van der Waals surface area contributed by atoms with Crippen LogP contribution in [0.5, 0.6) is 0 Å². The maximum Gasteiger partial charge on any atom is 0.318 e. The van der Waals surface area contributed by atoms with Gasteiger partial charge in [-0.15, -0.1) is 0 Å². The first-order valence-corrected chi connectivity index (χ1v) is 9.96. The molecule has 1 N–H and O–H groups in total. The van der Waals surface area contributed by atoms with Gasteiger partial charge in [0.1, 0.15) is 0 Å². The van der Waals surface area contributed by atoms with Gasteiger partial charge in [0.15, 0.2) is 0 Å². The molecular formula is C24H29N3O2. The van der Waals surface area contributed by atoms with Crippen LogP contribution in [0.2, 0.25) is 0 Å². The molecule has 0 radical (unpaired) electrons. The first-order chi connectivity index (χ1) is 13.8. The fourth-order valence-electron chi connectivity index (χ4n) is 3.47. The van der Waals surface area contributed by atoms with E-state index in [1.54, 1.807) is 9.80 Å². The summed E-state index contributed by atoms with van der Waals surface area (Å²) in [4.78, 5) is 29.0. The number of hydrogen-bond acceptors (Lipinski definition) is 2. The van der Waals surface area contributed by atoms with Gasteiger partial charge < -0.3 is 15.1 Å². The smallest absolute Gasteiger partial charge is 0.318 e. The molecule has 1 fully saturated rings. The van der Waals surface area contributed by atoms with Crippen LogP contribution in [0, 0.1) is 0 Å². The number of urea groups is 1. The van der Waals surface area contributed by atoms with Gasteiger partial charge in [0, 0.05) is 31.7 Å². The Kier molecular flexibility index (Phi) is 6.06. The van der Waals surface area contributed by atoms with E-state index >= 15 is 0 Å². The van der Waals surface area contributed by atoms with Gasteiger partial charge in [-0.1, -0.05) is 48.6 Å². The van der Waals surface area contributed by atoms with Crippen molar-refractivity contribution >= 4 is 17.5 Å². The summed E-state index contributed by atoms with van der Waals surface area (Å²) in [7, 11) is 0. The molecule has 0 bridgehead atoms. The predicted octanol–water partition coefficient (Wildman–Crippen LogP) is 4.12. The minimum atomic E-state index is -0.514. The van der Waals surface area contributed by atoms with Crippen LogP contribution < -0.4 is 5.32 Å². The van der Waals surface area contributed by atoms with E-state index in [1.165, 1.54) is 0 Å². The monoisotopic (exact) mass is 391 g/mol. The first kappa shape index (κ1) is 20.6. The number of allylic oxidation sites excluding steroid dienone is 1. The van der Waals surface area contributed by atoms with Crippen LogP contribution in [0.1, 0.15) is 42.3 Å². The lowest BCUT2D eigenvalue weighted by molar-refractivity contribution is 0.0660. The number of hydrogen-bond donors (Lipinski definition) is 1. The van der Waals surface area contributed by atoms with E-state index in [4.69, 9.17) is 0 Å². The van der Waals surface area contributed by atoms with Crippen molar-refractivity contribution < 1.29 is 9.59 Å². The van der Waals surface area contributed by atoms with Crippen LogP contribution in [0.15, 0.2) is 61.2 Å². The number of nitrogens with one attached hydrogen (secondary N) is 1. The summed E-state index contributed by atoms with van der Waals surface area (Å²) in [6.45, 7) is 12.1. The molecule has 29 heavy (non-hydrogen) atoms. The minimum absolute atomic E-state index is 0.0163. The van der Waals surface area contributed by atoms with Crippen LogP contribution in [0.3, 0.4) is 0 Å². The Labute approximate surface area is 173 Å². The molecule has 0 unspecified atom stereocenters. The van der Waals surface area contributed by atoms with E-state index in [1.807, 2.05) is 69.3 Å². The van der Waals surface area contributed by atoms with Crippen molar-refractivity contribution in [3.05, 3.63) is 77.9 Å². The van der Waals surface area contributed by atoms with Crippen molar-refractivity contribution in [2.45, 2.75) is 26.3 Å². The summed E-state index contributed by atoms with van der Waals surface area (Å²) in [5.41, 5.74) is 3.26. The first-order valence-electron chi connectivity index (χ1n) is 9.96. The van der Waals surface area contributed by atoms with Gasteiger partial charge in [-0.2, -0.15) is 0 Å². The van der Waals surface area contributed by atoms with Crippen molar-refractivity contribution in [3.63, 3.8) is 0 Å². The Bertz CT molecular complexity index is 897. The zero-order valence-electron chi connectivity index (χ0n) is 17.4. The third kappa shape index (κ3) is 4.86. The number of carbonyl (C=O) groups is 2. The number of rotatable bonds is 4. The average Bonchev–Trinajstić information content (AvgIpc) is 2.73. The van der Waals surface area contributed by atoms with E-state index in [9.17, 15) is 9.59 Å². The number of nitrogens with zero attached hydrogens (tertiary/aromatic N) is 2. The maximum absolute atomic E-state index is 12.8. The second-order valence-electron chi connectivity index (χ2n) is 8.06. The predicted molar refractivity (Wildman–Crippen MR) is 117 cm³/mol. The van der Waals surface area contributed by atoms with Gasteiger partial charge in [0.25, 0.3) is 5.91 Å². The van der Waals surface area contributed by atoms with E-state index in [-0.39, 0.29) is 11.9 Å². The minimum Gasteiger partial charge on any atom is -0.335 e. The normalized spacial score (nSPS) is 14.4. The highest BCUT2D eigenvalue weighted by Crippen LogP contribution is 2.24. The van der Waals surface area contributed by atoms with Crippen LogP contribution in [-0.2, 0) is 5.54 Å². The molecule has 1 saturated heterocycles. The van der Waals surface area contributed by atoms with Gasteiger partial charge in [0.05, 0.1) is 5.54 Å². The summed E-state index contributed by atoms with van der Waals surface area (Å²) < 4.78 is 0. The van der Waals surface area contributed by atoms with Gasteiger partial charge >= 0.3 is 6.03 Å². The quantitative estimate of drug-likeness (QED) is 0.852. The number of amides is 3. The van der Waals surface area contributed by atoms with Gasteiger partial charge in [-0.3, -0.25) is 4.79 Å². The van der Waals surface area contributed by atoms with Gasteiger partial charge in [-0.05, 0) is 50.1 Å². The lowest BCUT2D eigenvalue weighted by atomic mass is 9.92. The van der Waals surface area contributed by atoms with Crippen molar-refractivity contribution in [3.8, 4) is 0 Å². The lowest BCUT2D eigenvalue weighted by Crippen LogP contribution is -2.55. The topological polar surface area (TPSA) is 52.7 Å². The van der Waals surface area contributed by atoms with Crippen molar-refractivity contribution in [1.29, 1.82) is 0 Å². The molecule has 152 valence electrons. The lowest BCUT2D eigenvalue weighted by Gasteiger charge is -2.37. The molecule has 0 spiro atoms. The third-order valence-corrected chi connectivity index (χ3v) is 5.37. The molecule has 5 heteroatoms. The highest BCUT2D eigenvalue weighted by atomic mass is 16.2. The van der Waals surface area contributed by atoms with Crippen LogP contribution >= 0.6 is 0 Å². The zero-order chi connectivity index (χ0) is 21.0.